The molecule has 5 heteroatoms. The van der Waals surface area contributed by atoms with Crippen LogP contribution in [0, 0.1) is 5.92 Å². The summed E-state index contributed by atoms with van der Waals surface area (Å²) in [4.78, 5) is 2.47. The van der Waals surface area contributed by atoms with E-state index in [9.17, 15) is 0 Å². The number of hydrogen-bond acceptors (Lipinski definition) is 3. The molecule has 0 bridgehead atoms. The van der Waals surface area contributed by atoms with Gasteiger partial charge in [-0.1, -0.05) is 17.7 Å². The third-order valence-electron chi connectivity index (χ3n) is 3.88. The van der Waals surface area contributed by atoms with Crippen molar-refractivity contribution in [3.05, 3.63) is 28.8 Å². The maximum absolute atomic E-state index is 6.29. The molecule has 1 fully saturated rings. The van der Waals surface area contributed by atoms with Crippen LogP contribution in [-0.4, -0.2) is 38.7 Å². The molecule has 1 aliphatic heterocycles. The van der Waals surface area contributed by atoms with Gasteiger partial charge in [-0.15, -0.1) is 12.4 Å². The Morgan fingerprint density at radius 2 is 2.05 bits per heavy atom. The van der Waals surface area contributed by atoms with Crippen molar-refractivity contribution in [3.8, 4) is 5.75 Å². The fourth-order valence-corrected chi connectivity index (χ4v) is 2.97. The van der Waals surface area contributed by atoms with E-state index >= 15 is 0 Å². The molecular weight excluding hydrogens is 295 g/mol. The summed E-state index contributed by atoms with van der Waals surface area (Å²) in [5.41, 5.74) is 1.11. The second kappa shape index (κ2) is 8.73. The minimum atomic E-state index is 0. The van der Waals surface area contributed by atoms with E-state index in [1.807, 2.05) is 25.2 Å². The summed E-state index contributed by atoms with van der Waals surface area (Å²) in [5.74, 6) is 1.71. The highest BCUT2D eigenvalue weighted by Crippen LogP contribution is 2.29. The van der Waals surface area contributed by atoms with Gasteiger partial charge >= 0.3 is 0 Å². The van der Waals surface area contributed by atoms with E-state index in [1.165, 1.54) is 12.8 Å². The summed E-state index contributed by atoms with van der Waals surface area (Å²) in [5, 5.41) is 4.07. The Labute approximate surface area is 133 Å². The van der Waals surface area contributed by atoms with Gasteiger partial charge < -0.3 is 10.1 Å². The number of halogens is 2. The molecule has 114 valence electrons. The largest absolute Gasteiger partial charge is 0.496 e. The first kappa shape index (κ1) is 17.6. The van der Waals surface area contributed by atoms with E-state index in [2.05, 4.69) is 10.2 Å². The lowest BCUT2D eigenvalue weighted by Crippen LogP contribution is -2.36. The molecule has 1 aromatic rings. The Hall–Kier alpha value is -0.480. The summed E-state index contributed by atoms with van der Waals surface area (Å²) < 4.78 is 5.41. The first-order chi connectivity index (χ1) is 9.24. The maximum atomic E-state index is 6.29. The van der Waals surface area contributed by atoms with E-state index < -0.39 is 0 Å². The van der Waals surface area contributed by atoms with Gasteiger partial charge in [0.05, 0.1) is 7.11 Å². The van der Waals surface area contributed by atoms with E-state index in [1.54, 1.807) is 7.11 Å². The van der Waals surface area contributed by atoms with Crippen LogP contribution < -0.4 is 10.1 Å². The number of nitrogens with one attached hydrogen (secondary N) is 1. The number of benzene rings is 1. The SMILES string of the molecule is CNCC1CCN(Cc2c(Cl)cccc2OC)CC1.Cl. The second-order valence-electron chi connectivity index (χ2n) is 5.20. The van der Waals surface area contributed by atoms with Crippen molar-refractivity contribution in [2.45, 2.75) is 19.4 Å². The lowest BCUT2D eigenvalue weighted by molar-refractivity contribution is 0.175. The third-order valence-corrected chi connectivity index (χ3v) is 4.23. The van der Waals surface area contributed by atoms with Gasteiger partial charge in [0.15, 0.2) is 0 Å². The molecule has 0 aromatic heterocycles. The minimum Gasteiger partial charge on any atom is -0.496 e. The first-order valence-electron chi connectivity index (χ1n) is 6.93. The second-order valence-corrected chi connectivity index (χ2v) is 5.61. The average molecular weight is 319 g/mol. The summed E-state index contributed by atoms with van der Waals surface area (Å²) in [6.07, 6.45) is 2.52. The van der Waals surface area contributed by atoms with Crippen LogP contribution in [0.15, 0.2) is 18.2 Å². The third kappa shape index (κ3) is 4.52. The summed E-state index contributed by atoms with van der Waals surface area (Å²) >= 11 is 6.29. The molecule has 0 spiro atoms. The molecule has 1 aliphatic rings. The fourth-order valence-electron chi connectivity index (χ4n) is 2.74. The molecule has 0 unspecified atom stereocenters. The molecule has 0 aliphatic carbocycles. The van der Waals surface area contributed by atoms with Gasteiger partial charge in [0.2, 0.25) is 0 Å². The standard InChI is InChI=1S/C15H23ClN2O.ClH/c1-17-10-12-6-8-18(9-7-12)11-13-14(16)4-3-5-15(13)19-2;/h3-5,12,17H,6-11H2,1-2H3;1H. The van der Waals surface area contributed by atoms with Crippen molar-refractivity contribution in [2.75, 3.05) is 33.8 Å². The van der Waals surface area contributed by atoms with E-state index in [0.717, 1.165) is 48.4 Å². The van der Waals surface area contributed by atoms with Crippen LogP contribution in [0.4, 0.5) is 0 Å². The molecule has 0 saturated carbocycles. The molecule has 2 rings (SSSR count). The Morgan fingerprint density at radius 1 is 1.35 bits per heavy atom. The smallest absolute Gasteiger partial charge is 0.124 e. The van der Waals surface area contributed by atoms with Gasteiger partial charge in [-0.25, -0.2) is 0 Å². The molecule has 1 heterocycles. The Morgan fingerprint density at radius 3 is 2.65 bits per heavy atom. The number of rotatable bonds is 5. The molecule has 1 saturated heterocycles. The predicted octanol–water partition coefficient (Wildman–Crippen LogP) is 3.20. The lowest BCUT2D eigenvalue weighted by Gasteiger charge is -2.32. The Bertz CT molecular complexity index is 407. The van der Waals surface area contributed by atoms with Crippen molar-refractivity contribution in [1.29, 1.82) is 0 Å². The van der Waals surface area contributed by atoms with Crippen molar-refractivity contribution in [1.82, 2.24) is 10.2 Å². The van der Waals surface area contributed by atoms with Crippen LogP contribution in [-0.2, 0) is 6.54 Å². The highest BCUT2D eigenvalue weighted by atomic mass is 35.5. The zero-order valence-electron chi connectivity index (χ0n) is 12.2. The minimum absolute atomic E-state index is 0. The number of nitrogens with zero attached hydrogens (tertiary/aromatic N) is 1. The Kier molecular flexibility index (Phi) is 7.67. The highest BCUT2D eigenvalue weighted by Gasteiger charge is 2.20. The number of piperidine rings is 1. The number of hydrogen-bond donors (Lipinski definition) is 1. The maximum Gasteiger partial charge on any atom is 0.124 e. The van der Waals surface area contributed by atoms with Gasteiger partial charge in [-0.05, 0) is 57.6 Å². The summed E-state index contributed by atoms with van der Waals surface area (Å²) in [6, 6.07) is 5.85. The molecular formula is C15H24Cl2N2O. The first-order valence-corrected chi connectivity index (χ1v) is 7.30. The average Bonchev–Trinajstić information content (AvgIpc) is 2.43. The van der Waals surface area contributed by atoms with E-state index in [4.69, 9.17) is 16.3 Å². The molecule has 3 nitrogen and oxygen atoms in total. The molecule has 0 radical (unpaired) electrons. The molecule has 1 N–H and O–H groups in total. The van der Waals surface area contributed by atoms with Crippen molar-refractivity contribution < 1.29 is 4.74 Å². The van der Waals surface area contributed by atoms with E-state index in [0.29, 0.717) is 0 Å². The molecule has 0 atom stereocenters. The summed E-state index contributed by atoms with van der Waals surface area (Å²) in [6.45, 7) is 4.29. The monoisotopic (exact) mass is 318 g/mol. The molecule has 0 amide bonds. The number of ether oxygens (including phenoxy) is 1. The number of likely N-dealkylation sites (tertiary alicyclic amines) is 1. The van der Waals surface area contributed by atoms with Gasteiger partial charge in [0.1, 0.15) is 5.75 Å². The van der Waals surface area contributed by atoms with E-state index in [-0.39, 0.29) is 12.4 Å². The zero-order chi connectivity index (χ0) is 13.7. The van der Waals surface area contributed by atoms with Crippen LogP contribution in [0.5, 0.6) is 5.75 Å². The lowest BCUT2D eigenvalue weighted by atomic mass is 9.96. The van der Waals surface area contributed by atoms with Crippen LogP contribution in [0.3, 0.4) is 0 Å². The number of methoxy groups -OCH3 is 1. The normalized spacial score (nSPS) is 16.8. The summed E-state index contributed by atoms with van der Waals surface area (Å²) in [7, 11) is 3.73. The van der Waals surface area contributed by atoms with Crippen molar-refractivity contribution in [2.24, 2.45) is 5.92 Å². The van der Waals surface area contributed by atoms with Gasteiger partial charge in [0, 0.05) is 17.1 Å². The fraction of sp³-hybridized carbons (Fsp3) is 0.600. The predicted molar refractivity (Wildman–Crippen MR) is 87.2 cm³/mol. The van der Waals surface area contributed by atoms with Crippen LogP contribution >= 0.6 is 24.0 Å². The topological polar surface area (TPSA) is 24.5 Å². The van der Waals surface area contributed by atoms with Gasteiger partial charge in [0.25, 0.3) is 0 Å². The van der Waals surface area contributed by atoms with Crippen molar-refractivity contribution in [3.63, 3.8) is 0 Å². The quantitative estimate of drug-likeness (QED) is 0.902. The Balaban J connectivity index is 0.00000200. The van der Waals surface area contributed by atoms with Crippen molar-refractivity contribution >= 4 is 24.0 Å². The van der Waals surface area contributed by atoms with Crippen LogP contribution in [0.1, 0.15) is 18.4 Å². The zero-order valence-corrected chi connectivity index (χ0v) is 13.8. The molecule has 1 aromatic carbocycles. The van der Waals surface area contributed by atoms with Crippen LogP contribution in [0.2, 0.25) is 5.02 Å². The van der Waals surface area contributed by atoms with Crippen LogP contribution in [0.25, 0.3) is 0 Å². The van der Waals surface area contributed by atoms with Gasteiger partial charge in [-0.2, -0.15) is 0 Å². The highest BCUT2D eigenvalue weighted by molar-refractivity contribution is 6.31. The van der Waals surface area contributed by atoms with Gasteiger partial charge in [-0.3, -0.25) is 4.90 Å². The molecule has 20 heavy (non-hydrogen) atoms.